The zero-order valence-corrected chi connectivity index (χ0v) is 28.9. The van der Waals surface area contributed by atoms with Crippen LogP contribution in [-0.2, 0) is 0 Å². The summed E-state index contributed by atoms with van der Waals surface area (Å²) in [6.45, 7) is 0. The van der Waals surface area contributed by atoms with Crippen LogP contribution in [0.5, 0.6) is 0 Å². The Morgan fingerprint density at radius 2 is 0.907 bits per heavy atom. The van der Waals surface area contributed by atoms with Gasteiger partial charge in [0.2, 0.25) is 0 Å². The van der Waals surface area contributed by atoms with E-state index in [1.807, 2.05) is 12.1 Å². The van der Waals surface area contributed by atoms with Crippen molar-refractivity contribution in [3.63, 3.8) is 0 Å². The van der Waals surface area contributed by atoms with Gasteiger partial charge in [0.15, 0.2) is 0 Å². The van der Waals surface area contributed by atoms with Gasteiger partial charge in [-0.1, -0.05) is 78.9 Å². The molecule has 4 heterocycles. The van der Waals surface area contributed by atoms with Crippen LogP contribution in [0, 0.1) is 11.3 Å². The Hall–Kier alpha value is -7.55. The molecule has 0 aliphatic carbocycles. The number of para-hydroxylation sites is 4. The van der Waals surface area contributed by atoms with E-state index in [0.717, 1.165) is 71.8 Å². The molecule has 8 aromatic carbocycles. The molecule has 0 unspecified atom stereocenters. The highest BCUT2D eigenvalue weighted by atomic mass is 16.3. The Morgan fingerprint density at radius 1 is 0.370 bits per heavy atom. The number of nitrogens with zero attached hydrogens (tertiary/aromatic N) is 4. The van der Waals surface area contributed by atoms with E-state index < -0.39 is 0 Å². The highest BCUT2D eigenvalue weighted by molar-refractivity contribution is 6.26. The van der Waals surface area contributed by atoms with Crippen molar-refractivity contribution >= 4 is 87.4 Å². The fraction of sp³-hybridized carbons (Fsp3) is 0. The summed E-state index contributed by atoms with van der Waals surface area (Å²) in [7, 11) is 0. The van der Waals surface area contributed by atoms with Crippen LogP contribution in [0.4, 0.5) is 0 Å². The lowest BCUT2D eigenvalue weighted by Gasteiger charge is -2.10. The minimum Gasteiger partial charge on any atom is -0.456 e. The fourth-order valence-corrected chi connectivity index (χ4v) is 8.98. The second-order valence-corrected chi connectivity index (χ2v) is 14.1. The molecule has 0 radical (unpaired) electrons. The smallest absolute Gasteiger partial charge is 0.135 e. The molecule has 0 saturated heterocycles. The standard InChI is InChI=1S/C49H28N4O/c50-29-30-18-22-44-38(26-30)35-13-5-7-15-41(35)51(44)32-19-24-46-39(27-32)40-28-33(20-25-47(40)54-46)52-43-17-9-6-14-37(43)48-45(52)23-21-36-34-12-4-8-16-42(34)53(49(36)48)31-10-2-1-3-11-31/h1-28H. The Morgan fingerprint density at radius 3 is 1.59 bits per heavy atom. The summed E-state index contributed by atoms with van der Waals surface area (Å²) in [5, 5.41) is 18.9. The number of aromatic nitrogens is 3. The van der Waals surface area contributed by atoms with Gasteiger partial charge in [-0.05, 0) is 91.0 Å². The van der Waals surface area contributed by atoms with Gasteiger partial charge in [-0.25, -0.2) is 0 Å². The van der Waals surface area contributed by atoms with Crippen LogP contribution in [-0.4, -0.2) is 13.7 Å². The number of hydrogen-bond acceptors (Lipinski definition) is 2. The van der Waals surface area contributed by atoms with Crippen LogP contribution >= 0.6 is 0 Å². The first-order valence-corrected chi connectivity index (χ1v) is 18.2. The third-order valence-corrected chi connectivity index (χ3v) is 11.2. The van der Waals surface area contributed by atoms with Crippen LogP contribution in [0.3, 0.4) is 0 Å². The van der Waals surface area contributed by atoms with Crippen molar-refractivity contribution in [1.82, 2.24) is 13.7 Å². The molecule has 12 rings (SSSR count). The SMILES string of the molecule is N#Cc1ccc2c(c1)c1ccccc1n2-c1ccc2oc3ccc(-n4c5ccccc5c5c4ccc4c6ccccc6n(-c6ccccc6)c45)cc3c2c1. The summed E-state index contributed by atoms with van der Waals surface area (Å²) < 4.78 is 13.6. The van der Waals surface area contributed by atoms with Gasteiger partial charge in [-0.15, -0.1) is 0 Å². The molecule has 0 aliphatic rings. The predicted molar refractivity (Wildman–Crippen MR) is 221 cm³/mol. The van der Waals surface area contributed by atoms with E-state index >= 15 is 0 Å². The number of nitriles is 1. The molecule has 0 spiro atoms. The lowest BCUT2D eigenvalue weighted by molar-refractivity contribution is 0.669. The molecule has 250 valence electrons. The summed E-state index contributed by atoms with van der Waals surface area (Å²) in [4.78, 5) is 0. The Kier molecular flexibility index (Phi) is 5.78. The third kappa shape index (κ3) is 3.86. The van der Waals surface area contributed by atoms with Crippen molar-refractivity contribution in [2.75, 3.05) is 0 Å². The monoisotopic (exact) mass is 688 g/mol. The Balaban J connectivity index is 1.13. The maximum Gasteiger partial charge on any atom is 0.135 e. The minimum atomic E-state index is 0.654. The largest absolute Gasteiger partial charge is 0.456 e. The summed E-state index contributed by atoms with van der Waals surface area (Å²) in [5.41, 5.74) is 12.5. The van der Waals surface area contributed by atoms with E-state index in [4.69, 9.17) is 4.42 Å². The number of fused-ring (bicyclic) bond motifs is 13. The molecule has 0 aliphatic heterocycles. The lowest BCUT2D eigenvalue weighted by atomic mass is 10.1. The second-order valence-electron chi connectivity index (χ2n) is 14.1. The van der Waals surface area contributed by atoms with E-state index in [-0.39, 0.29) is 0 Å². The first-order chi connectivity index (χ1) is 26.7. The molecule has 0 saturated carbocycles. The zero-order valence-electron chi connectivity index (χ0n) is 28.9. The van der Waals surface area contributed by atoms with Gasteiger partial charge in [0.25, 0.3) is 0 Å². The van der Waals surface area contributed by atoms with Crippen molar-refractivity contribution in [3.05, 3.63) is 175 Å². The van der Waals surface area contributed by atoms with Gasteiger partial charge in [0.05, 0.1) is 44.7 Å². The number of rotatable bonds is 3. The first-order valence-electron chi connectivity index (χ1n) is 18.2. The van der Waals surface area contributed by atoms with Gasteiger partial charge in [0.1, 0.15) is 11.2 Å². The van der Waals surface area contributed by atoms with E-state index in [2.05, 4.69) is 177 Å². The Bertz CT molecular complexity index is 3570. The molecule has 12 aromatic rings. The average molecular weight is 689 g/mol. The molecule has 0 bridgehead atoms. The minimum absolute atomic E-state index is 0.654. The van der Waals surface area contributed by atoms with E-state index in [1.54, 1.807) is 0 Å². The molecule has 0 N–H and O–H groups in total. The molecule has 4 aromatic heterocycles. The third-order valence-electron chi connectivity index (χ3n) is 11.2. The van der Waals surface area contributed by atoms with Crippen molar-refractivity contribution in [2.45, 2.75) is 0 Å². The quantitative estimate of drug-likeness (QED) is 0.185. The van der Waals surface area contributed by atoms with Crippen LogP contribution in [0.1, 0.15) is 5.56 Å². The van der Waals surface area contributed by atoms with Crippen molar-refractivity contribution in [1.29, 1.82) is 5.26 Å². The molecule has 5 heteroatoms. The molecule has 5 nitrogen and oxygen atoms in total. The second kappa shape index (κ2) is 10.7. The van der Waals surface area contributed by atoms with Gasteiger partial charge >= 0.3 is 0 Å². The molecule has 0 atom stereocenters. The molecule has 54 heavy (non-hydrogen) atoms. The van der Waals surface area contributed by atoms with Crippen molar-refractivity contribution in [3.8, 4) is 23.1 Å². The molecular weight excluding hydrogens is 661 g/mol. The number of benzene rings is 8. The van der Waals surface area contributed by atoms with Crippen LogP contribution < -0.4 is 0 Å². The van der Waals surface area contributed by atoms with Crippen molar-refractivity contribution < 1.29 is 4.42 Å². The number of furan rings is 1. The average Bonchev–Trinajstić information content (AvgIpc) is 3.96. The van der Waals surface area contributed by atoms with E-state index in [1.165, 1.54) is 32.6 Å². The summed E-state index contributed by atoms with van der Waals surface area (Å²) in [5.74, 6) is 0. The van der Waals surface area contributed by atoms with Crippen LogP contribution in [0.25, 0.3) is 104 Å². The van der Waals surface area contributed by atoms with E-state index in [0.29, 0.717) is 5.56 Å². The van der Waals surface area contributed by atoms with E-state index in [9.17, 15) is 5.26 Å². The number of hydrogen-bond donors (Lipinski definition) is 0. The highest BCUT2D eigenvalue weighted by Crippen LogP contribution is 2.43. The van der Waals surface area contributed by atoms with Gasteiger partial charge in [-0.2, -0.15) is 5.26 Å². The molecular formula is C49H28N4O. The zero-order chi connectivity index (χ0) is 35.5. The fourth-order valence-electron chi connectivity index (χ4n) is 8.98. The van der Waals surface area contributed by atoms with Gasteiger partial charge in [0, 0.05) is 60.2 Å². The van der Waals surface area contributed by atoms with Crippen LogP contribution in [0.2, 0.25) is 0 Å². The van der Waals surface area contributed by atoms with Crippen LogP contribution in [0.15, 0.2) is 174 Å². The maximum atomic E-state index is 9.66. The molecule has 0 amide bonds. The lowest BCUT2D eigenvalue weighted by Crippen LogP contribution is -1.95. The predicted octanol–water partition coefficient (Wildman–Crippen LogP) is 12.7. The summed E-state index contributed by atoms with van der Waals surface area (Å²) >= 11 is 0. The summed E-state index contributed by atoms with van der Waals surface area (Å²) in [6, 6.07) is 62.4. The van der Waals surface area contributed by atoms with Gasteiger partial charge < -0.3 is 18.1 Å². The van der Waals surface area contributed by atoms with Crippen molar-refractivity contribution in [2.24, 2.45) is 0 Å². The highest BCUT2D eigenvalue weighted by Gasteiger charge is 2.21. The van der Waals surface area contributed by atoms with Gasteiger partial charge in [-0.3, -0.25) is 0 Å². The first kappa shape index (κ1) is 29.1. The summed E-state index contributed by atoms with van der Waals surface area (Å²) in [6.07, 6.45) is 0. The normalized spacial score (nSPS) is 12.1. The topological polar surface area (TPSA) is 51.7 Å². The molecule has 0 fully saturated rings. The maximum absolute atomic E-state index is 9.66. The Labute approximate surface area is 308 Å².